The molecule has 0 aromatic rings. The summed E-state index contributed by atoms with van der Waals surface area (Å²) in [6.07, 6.45) is 8.46. The molecular formula is C19H36N2O3. The van der Waals surface area contributed by atoms with Crippen molar-refractivity contribution < 1.29 is 14.3 Å². The van der Waals surface area contributed by atoms with E-state index in [9.17, 15) is 4.79 Å². The normalized spacial score (nSPS) is 21.3. The zero-order valence-corrected chi connectivity index (χ0v) is 15.7. The second kappa shape index (κ2) is 11.5. The topological polar surface area (TPSA) is 59.6 Å². The molecule has 2 N–H and O–H groups in total. The van der Waals surface area contributed by atoms with Gasteiger partial charge in [-0.1, -0.05) is 6.08 Å². The Balaban J connectivity index is 2.01. The second-order valence-corrected chi connectivity index (χ2v) is 7.58. The Kier molecular flexibility index (Phi) is 10.0. The number of alkyl carbamates (subject to hydrolysis) is 1. The number of carbonyl (C=O) groups is 1. The van der Waals surface area contributed by atoms with E-state index in [0.29, 0.717) is 18.6 Å². The Morgan fingerprint density at radius 2 is 1.92 bits per heavy atom. The minimum Gasteiger partial charge on any atom is -0.444 e. The summed E-state index contributed by atoms with van der Waals surface area (Å²) in [5.41, 5.74) is -0.434. The quantitative estimate of drug-likeness (QED) is 0.471. The third-order valence-electron chi connectivity index (χ3n) is 4.10. The molecule has 0 aliphatic heterocycles. The van der Waals surface area contributed by atoms with Crippen LogP contribution in [0.15, 0.2) is 12.7 Å². The number of ether oxygens (including phenoxy) is 2. The van der Waals surface area contributed by atoms with Crippen molar-refractivity contribution in [2.45, 2.75) is 71.0 Å². The van der Waals surface area contributed by atoms with Crippen LogP contribution in [0.25, 0.3) is 0 Å². The third-order valence-corrected chi connectivity index (χ3v) is 4.10. The minimum absolute atomic E-state index is 0.315. The van der Waals surface area contributed by atoms with Gasteiger partial charge >= 0.3 is 6.09 Å². The summed E-state index contributed by atoms with van der Waals surface area (Å²) in [6.45, 7) is 12.9. The maximum atomic E-state index is 11.7. The largest absolute Gasteiger partial charge is 0.444 e. The molecule has 1 saturated carbocycles. The first-order chi connectivity index (χ1) is 11.4. The Hall–Kier alpha value is -1.07. The molecule has 0 bridgehead atoms. The highest BCUT2D eigenvalue weighted by Gasteiger charge is 2.23. The van der Waals surface area contributed by atoms with Crippen LogP contribution in [0.2, 0.25) is 0 Å². The van der Waals surface area contributed by atoms with Gasteiger partial charge < -0.3 is 20.1 Å². The first kappa shape index (κ1) is 21.0. The fourth-order valence-corrected chi connectivity index (χ4v) is 2.82. The van der Waals surface area contributed by atoms with Crippen molar-refractivity contribution in [1.29, 1.82) is 0 Å². The van der Waals surface area contributed by atoms with Crippen LogP contribution in [0.5, 0.6) is 0 Å². The van der Waals surface area contributed by atoms with Crippen molar-refractivity contribution in [3.05, 3.63) is 12.7 Å². The Morgan fingerprint density at radius 1 is 1.21 bits per heavy atom. The molecule has 0 aromatic carbocycles. The lowest BCUT2D eigenvalue weighted by Crippen LogP contribution is -2.36. The van der Waals surface area contributed by atoms with E-state index >= 15 is 0 Å². The first-order valence-corrected chi connectivity index (χ1v) is 9.31. The lowest BCUT2D eigenvalue weighted by Gasteiger charge is -2.29. The molecule has 1 aliphatic carbocycles. The summed E-state index contributed by atoms with van der Waals surface area (Å²) in [6, 6.07) is 0. The average Bonchev–Trinajstić information content (AvgIpc) is 2.51. The molecule has 5 nitrogen and oxygen atoms in total. The average molecular weight is 341 g/mol. The smallest absolute Gasteiger partial charge is 0.407 e. The Morgan fingerprint density at radius 3 is 2.54 bits per heavy atom. The van der Waals surface area contributed by atoms with Gasteiger partial charge in [0.25, 0.3) is 0 Å². The van der Waals surface area contributed by atoms with Crippen LogP contribution in [-0.2, 0) is 9.47 Å². The molecule has 5 heteroatoms. The summed E-state index contributed by atoms with van der Waals surface area (Å²) in [5, 5.41) is 6.25. The molecule has 0 saturated heterocycles. The fourth-order valence-electron chi connectivity index (χ4n) is 2.82. The van der Waals surface area contributed by atoms with Gasteiger partial charge in [0.1, 0.15) is 5.60 Å². The maximum Gasteiger partial charge on any atom is 0.407 e. The molecule has 0 atom stereocenters. The van der Waals surface area contributed by atoms with Crippen LogP contribution in [0.3, 0.4) is 0 Å². The zero-order chi connectivity index (χ0) is 17.8. The molecule has 0 radical (unpaired) electrons. The second-order valence-electron chi connectivity index (χ2n) is 7.58. The number of hydrogen-bond donors (Lipinski definition) is 2. The summed E-state index contributed by atoms with van der Waals surface area (Å²) >= 11 is 0. The highest BCUT2D eigenvalue weighted by atomic mass is 16.6. The van der Waals surface area contributed by atoms with Crippen LogP contribution in [0.4, 0.5) is 4.79 Å². The minimum atomic E-state index is -0.434. The van der Waals surface area contributed by atoms with Gasteiger partial charge in [-0.05, 0) is 78.3 Å². The van der Waals surface area contributed by atoms with Crippen molar-refractivity contribution in [1.82, 2.24) is 10.6 Å². The molecule has 0 heterocycles. The van der Waals surface area contributed by atoms with E-state index in [0.717, 1.165) is 58.2 Å². The maximum absolute atomic E-state index is 11.7. The predicted octanol–water partition coefficient (Wildman–Crippen LogP) is 3.64. The van der Waals surface area contributed by atoms with E-state index in [2.05, 4.69) is 17.2 Å². The van der Waals surface area contributed by atoms with E-state index in [1.807, 2.05) is 26.8 Å². The predicted molar refractivity (Wildman–Crippen MR) is 98.2 cm³/mol. The van der Waals surface area contributed by atoms with E-state index in [1.165, 1.54) is 0 Å². The number of carbonyl (C=O) groups excluding carboxylic acids is 1. The lowest BCUT2D eigenvalue weighted by atomic mass is 9.87. The lowest BCUT2D eigenvalue weighted by molar-refractivity contribution is 0.0162. The summed E-state index contributed by atoms with van der Waals surface area (Å²) in [7, 11) is 0. The number of nitrogens with one attached hydrogen (secondary N) is 2. The van der Waals surface area contributed by atoms with E-state index in [1.54, 1.807) is 0 Å². The molecule has 140 valence electrons. The SMILES string of the molecule is C=CCCNCCCOC1CCC(CNC(=O)OC(C)(C)C)CC1. The van der Waals surface area contributed by atoms with Gasteiger partial charge in [-0.2, -0.15) is 0 Å². The Labute approximate surface area is 147 Å². The van der Waals surface area contributed by atoms with Gasteiger partial charge in [-0.15, -0.1) is 6.58 Å². The molecule has 1 amide bonds. The van der Waals surface area contributed by atoms with Crippen molar-refractivity contribution in [2.24, 2.45) is 5.92 Å². The van der Waals surface area contributed by atoms with Gasteiger partial charge in [-0.3, -0.25) is 0 Å². The van der Waals surface area contributed by atoms with E-state index < -0.39 is 5.60 Å². The van der Waals surface area contributed by atoms with Crippen molar-refractivity contribution in [2.75, 3.05) is 26.2 Å². The Bertz CT molecular complexity index is 358. The third kappa shape index (κ3) is 10.7. The molecule has 1 aliphatic rings. The summed E-state index contributed by atoms with van der Waals surface area (Å²) in [5.74, 6) is 0.540. The van der Waals surface area contributed by atoms with Gasteiger partial charge in [0.2, 0.25) is 0 Å². The molecule has 0 spiro atoms. The van der Waals surface area contributed by atoms with E-state index in [4.69, 9.17) is 9.47 Å². The van der Waals surface area contributed by atoms with Gasteiger partial charge in [0.15, 0.2) is 0 Å². The van der Waals surface area contributed by atoms with Crippen molar-refractivity contribution in [3.8, 4) is 0 Å². The van der Waals surface area contributed by atoms with Crippen LogP contribution in [0.1, 0.15) is 59.3 Å². The summed E-state index contributed by atoms with van der Waals surface area (Å²) < 4.78 is 11.2. The monoisotopic (exact) mass is 340 g/mol. The standard InChI is InChI=1S/C19H36N2O3/c1-5-6-12-20-13-7-14-23-17-10-8-16(9-11-17)15-21-18(22)24-19(2,3)4/h5,16-17,20H,1,6-15H2,2-4H3,(H,21,22). The van der Waals surface area contributed by atoms with Crippen LogP contribution >= 0.6 is 0 Å². The van der Waals surface area contributed by atoms with Crippen molar-refractivity contribution in [3.63, 3.8) is 0 Å². The van der Waals surface area contributed by atoms with Crippen LogP contribution in [-0.4, -0.2) is 44.0 Å². The highest BCUT2D eigenvalue weighted by Crippen LogP contribution is 2.25. The molecule has 1 rings (SSSR count). The van der Waals surface area contributed by atoms with Crippen LogP contribution < -0.4 is 10.6 Å². The zero-order valence-electron chi connectivity index (χ0n) is 15.7. The molecule has 0 aromatic heterocycles. The van der Waals surface area contributed by atoms with Gasteiger partial charge in [0, 0.05) is 13.2 Å². The summed E-state index contributed by atoms with van der Waals surface area (Å²) in [4.78, 5) is 11.7. The van der Waals surface area contributed by atoms with E-state index in [-0.39, 0.29) is 6.09 Å². The molecular weight excluding hydrogens is 304 g/mol. The van der Waals surface area contributed by atoms with Crippen LogP contribution in [0, 0.1) is 5.92 Å². The first-order valence-electron chi connectivity index (χ1n) is 9.31. The highest BCUT2D eigenvalue weighted by molar-refractivity contribution is 5.67. The fraction of sp³-hybridized carbons (Fsp3) is 0.842. The number of hydrogen-bond acceptors (Lipinski definition) is 4. The number of rotatable bonds is 10. The van der Waals surface area contributed by atoms with Gasteiger partial charge in [-0.25, -0.2) is 4.79 Å². The number of amides is 1. The molecule has 24 heavy (non-hydrogen) atoms. The molecule has 0 unspecified atom stereocenters. The van der Waals surface area contributed by atoms with Gasteiger partial charge in [0.05, 0.1) is 6.10 Å². The van der Waals surface area contributed by atoms with Crippen molar-refractivity contribution >= 4 is 6.09 Å². The molecule has 1 fully saturated rings.